The van der Waals surface area contributed by atoms with Gasteiger partial charge in [0.05, 0.1) is 18.6 Å². The highest BCUT2D eigenvalue weighted by Gasteiger charge is 2.17. The molecule has 0 atom stereocenters. The summed E-state index contributed by atoms with van der Waals surface area (Å²) < 4.78 is 7.48. The number of carbonyl (C=O) groups is 1. The number of aromatic amines is 1. The lowest BCUT2D eigenvalue weighted by molar-refractivity contribution is 0.102. The van der Waals surface area contributed by atoms with Crippen molar-refractivity contribution in [2.75, 3.05) is 5.75 Å². The highest BCUT2D eigenvalue weighted by molar-refractivity contribution is 7.99. The number of aromatic nitrogens is 3. The average molecular weight is 385 g/mol. The Labute approximate surface area is 162 Å². The molecule has 0 saturated heterocycles. The summed E-state index contributed by atoms with van der Waals surface area (Å²) in [7, 11) is 0. The van der Waals surface area contributed by atoms with Crippen LogP contribution in [0.3, 0.4) is 0 Å². The molecule has 7 heteroatoms. The van der Waals surface area contributed by atoms with E-state index in [1.807, 2.05) is 39.0 Å². The van der Waals surface area contributed by atoms with Gasteiger partial charge < -0.3 is 14.0 Å². The molecule has 0 aliphatic rings. The molecule has 0 fully saturated rings. The fraction of sp³-hybridized carbons (Fsp3) is 0.350. The smallest absolute Gasteiger partial charge is 0.251 e. The van der Waals surface area contributed by atoms with Crippen molar-refractivity contribution < 1.29 is 9.21 Å². The lowest BCUT2D eigenvalue weighted by atomic mass is 10.2. The monoisotopic (exact) mass is 385 g/mol. The van der Waals surface area contributed by atoms with Gasteiger partial charge >= 0.3 is 0 Å². The zero-order chi connectivity index (χ0) is 19.4. The van der Waals surface area contributed by atoms with Crippen LogP contribution < -0.4 is 5.56 Å². The first kappa shape index (κ1) is 19.2. The van der Waals surface area contributed by atoms with Crippen LogP contribution in [0.2, 0.25) is 0 Å². The van der Waals surface area contributed by atoms with E-state index in [2.05, 4.69) is 14.5 Å². The largest absolute Gasteiger partial charge is 0.467 e. The lowest BCUT2D eigenvalue weighted by Gasteiger charge is -2.08. The van der Waals surface area contributed by atoms with Crippen molar-refractivity contribution in [3.05, 3.63) is 69.3 Å². The molecular weight excluding hydrogens is 362 g/mol. The van der Waals surface area contributed by atoms with Crippen LogP contribution in [0.4, 0.5) is 0 Å². The minimum atomic E-state index is -0.181. The summed E-state index contributed by atoms with van der Waals surface area (Å²) in [6.07, 6.45) is 3.31. The molecule has 0 amide bonds. The molecule has 3 rings (SSSR count). The van der Waals surface area contributed by atoms with Crippen LogP contribution in [-0.2, 0) is 13.0 Å². The summed E-state index contributed by atoms with van der Waals surface area (Å²) in [6, 6.07) is 7.19. The summed E-state index contributed by atoms with van der Waals surface area (Å²) in [5, 5.41) is 0.490. The van der Waals surface area contributed by atoms with Gasteiger partial charge in [-0.3, -0.25) is 9.59 Å². The standard InChI is InChI=1S/C20H23N3O3S/c1-4-6-15-10-19(25)22-20(21-15)27-12-18(24)17-9-13(2)23(14(17)3)11-16-7-5-8-26-16/h5,7-10H,4,6,11-12H2,1-3H3,(H,21,22,25). The molecule has 1 N–H and O–H groups in total. The molecule has 0 aromatic carbocycles. The molecule has 0 unspecified atom stereocenters. The second kappa shape index (κ2) is 8.43. The number of aryl methyl sites for hydroxylation is 2. The number of ketones is 1. The second-order valence-electron chi connectivity index (χ2n) is 6.45. The Kier molecular flexibility index (Phi) is 6.01. The van der Waals surface area contributed by atoms with E-state index in [0.29, 0.717) is 17.3 Å². The molecule has 0 saturated carbocycles. The van der Waals surface area contributed by atoms with Gasteiger partial charge in [0.25, 0.3) is 5.56 Å². The van der Waals surface area contributed by atoms with Crippen LogP contribution in [0.1, 0.15) is 46.5 Å². The van der Waals surface area contributed by atoms with Crippen molar-refractivity contribution in [2.45, 2.75) is 45.3 Å². The maximum Gasteiger partial charge on any atom is 0.251 e. The number of thioether (sulfide) groups is 1. The van der Waals surface area contributed by atoms with E-state index in [1.165, 1.54) is 17.8 Å². The summed E-state index contributed by atoms with van der Waals surface area (Å²) in [6.45, 7) is 6.56. The van der Waals surface area contributed by atoms with E-state index in [-0.39, 0.29) is 17.1 Å². The Bertz CT molecular complexity index is 987. The van der Waals surface area contributed by atoms with Crippen molar-refractivity contribution in [3.63, 3.8) is 0 Å². The van der Waals surface area contributed by atoms with Gasteiger partial charge in [-0.05, 0) is 38.5 Å². The van der Waals surface area contributed by atoms with Crippen molar-refractivity contribution in [1.82, 2.24) is 14.5 Å². The molecule has 3 heterocycles. The van der Waals surface area contributed by atoms with Crippen LogP contribution in [0, 0.1) is 13.8 Å². The quantitative estimate of drug-likeness (QED) is 0.363. The maximum absolute atomic E-state index is 12.7. The first-order chi connectivity index (χ1) is 13.0. The van der Waals surface area contributed by atoms with E-state index < -0.39 is 0 Å². The molecule has 142 valence electrons. The van der Waals surface area contributed by atoms with Crippen LogP contribution in [0.15, 0.2) is 44.9 Å². The molecular formula is C20H23N3O3S. The fourth-order valence-electron chi connectivity index (χ4n) is 3.03. The van der Waals surface area contributed by atoms with Gasteiger partial charge in [-0.25, -0.2) is 4.98 Å². The summed E-state index contributed by atoms with van der Waals surface area (Å²) in [5.74, 6) is 1.09. The van der Waals surface area contributed by atoms with Gasteiger partial charge in [0, 0.05) is 28.7 Å². The van der Waals surface area contributed by atoms with Crippen LogP contribution in [-0.4, -0.2) is 26.1 Å². The van der Waals surface area contributed by atoms with Crippen LogP contribution in [0.25, 0.3) is 0 Å². The van der Waals surface area contributed by atoms with Crippen molar-refractivity contribution >= 4 is 17.5 Å². The first-order valence-electron chi connectivity index (χ1n) is 8.93. The molecule has 0 radical (unpaired) electrons. The number of carbonyl (C=O) groups excluding carboxylic acids is 1. The molecule has 0 spiro atoms. The molecule has 0 aliphatic heterocycles. The number of Topliss-reactive ketones (excluding diaryl/α,β-unsaturated/α-hetero) is 1. The first-order valence-corrected chi connectivity index (χ1v) is 9.91. The van der Waals surface area contributed by atoms with Gasteiger partial charge in [-0.1, -0.05) is 25.1 Å². The summed E-state index contributed by atoms with van der Waals surface area (Å²) in [5.41, 5.74) is 3.19. The van der Waals surface area contributed by atoms with Crippen molar-refractivity contribution in [3.8, 4) is 0 Å². The number of H-pyrrole nitrogens is 1. The third-order valence-electron chi connectivity index (χ3n) is 4.39. The molecule has 0 aliphatic carbocycles. The number of hydrogen-bond acceptors (Lipinski definition) is 5. The summed E-state index contributed by atoms with van der Waals surface area (Å²) >= 11 is 1.26. The number of nitrogens with zero attached hydrogens (tertiary/aromatic N) is 2. The number of nitrogens with one attached hydrogen (secondary N) is 1. The molecule has 0 bridgehead atoms. The molecule has 3 aromatic heterocycles. The van der Waals surface area contributed by atoms with Gasteiger partial charge in [0.2, 0.25) is 0 Å². The zero-order valence-electron chi connectivity index (χ0n) is 15.7. The van der Waals surface area contributed by atoms with Crippen molar-refractivity contribution in [1.29, 1.82) is 0 Å². The van der Waals surface area contributed by atoms with Gasteiger partial charge in [-0.15, -0.1) is 0 Å². The van der Waals surface area contributed by atoms with E-state index >= 15 is 0 Å². The average Bonchev–Trinajstić information content (AvgIpc) is 3.23. The molecule has 6 nitrogen and oxygen atoms in total. The minimum absolute atomic E-state index is 0.0161. The van der Waals surface area contributed by atoms with E-state index in [4.69, 9.17) is 4.42 Å². The fourth-order valence-corrected chi connectivity index (χ4v) is 3.81. The highest BCUT2D eigenvalue weighted by Crippen LogP contribution is 2.21. The Morgan fingerprint density at radius 1 is 1.33 bits per heavy atom. The number of rotatable bonds is 8. The van der Waals surface area contributed by atoms with E-state index in [9.17, 15) is 9.59 Å². The summed E-state index contributed by atoms with van der Waals surface area (Å²) in [4.78, 5) is 31.6. The zero-order valence-corrected chi connectivity index (χ0v) is 16.6. The van der Waals surface area contributed by atoms with Crippen LogP contribution in [0.5, 0.6) is 0 Å². The van der Waals surface area contributed by atoms with Crippen molar-refractivity contribution in [2.24, 2.45) is 0 Å². The van der Waals surface area contributed by atoms with Gasteiger partial charge in [-0.2, -0.15) is 0 Å². The van der Waals surface area contributed by atoms with Gasteiger partial charge in [0.1, 0.15) is 5.76 Å². The molecule has 3 aromatic rings. The Morgan fingerprint density at radius 3 is 2.85 bits per heavy atom. The normalized spacial score (nSPS) is 11.1. The van der Waals surface area contributed by atoms with E-state index in [1.54, 1.807) is 6.26 Å². The van der Waals surface area contributed by atoms with Gasteiger partial charge in [0.15, 0.2) is 10.9 Å². The Morgan fingerprint density at radius 2 is 2.15 bits per heavy atom. The topological polar surface area (TPSA) is 80.9 Å². The maximum atomic E-state index is 12.7. The predicted octanol–water partition coefficient (Wildman–Crippen LogP) is 3.76. The number of furan rings is 1. The Balaban J connectivity index is 1.72. The SMILES string of the molecule is CCCc1cc(=O)[nH]c(SCC(=O)c2cc(C)n(Cc3ccco3)c2C)n1. The minimum Gasteiger partial charge on any atom is -0.467 e. The third-order valence-corrected chi connectivity index (χ3v) is 5.26. The second-order valence-corrected chi connectivity index (χ2v) is 7.42. The molecule has 27 heavy (non-hydrogen) atoms. The number of hydrogen-bond donors (Lipinski definition) is 1. The highest BCUT2D eigenvalue weighted by atomic mass is 32.2. The predicted molar refractivity (Wildman–Crippen MR) is 106 cm³/mol. The Hall–Kier alpha value is -2.54. The third kappa shape index (κ3) is 4.60. The van der Waals surface area contributed by atoms with E-state index in [0.717, 1.165) is 35.7 Å². The van der Waals surface area contributed by atoms with Crippen LogP contribution >= 0.6 is 11.8 Å². The lowest BCUT2D eigenvalue weighted by Crippen LogP contribution is -2.12.